The van der Waals surface area contributed by atoms with Gasteiger partial charge in [-0.1, -0.05) is 13.8 Å². The maximum absolute atomic E-state index is 14.1. The van der Waals surface area contributed by atoms with E-state index in [9.17, 15) is 18.7 Å². The van der Waals surface area contributed by atoms with Crippen molar-refractivity contribution in [2.45, 2.75) is 51.2 Å². The van der Waals surface area contributed by atoms with Crippen LogP contribution in [0.4, 0.5) is 13.6 Å². The first kappa shape index (κ1) is 17.1. The zero-order valence-corrected chi connectivity index (χ0v) is 14.1. The highest BCUT2D eigenvalue weighted by Gasteiger charge is 2.48. The lowest BCUT2D eigenvalue weighted by molar-refractivity contribution is 0.121. The number of nitrogens with one attached hydrogen (secondary N) is 1. The topological polar surface area (TPSA) is 52.6 Å². The van der Waals surface area contributed by atoms with E-state index >= 15 is 0 Å². The molecule has 0 radical (unpaired) electrons. The van der Waals surface area contributed by atoms with Gasteiger partial charge < -0.3 is 15.3 Å². The molecule has 1 saturated carbocycles. The summed E-state index contributed by atoms with van der Waals surface area (Å²) < 4.78 is 27.6. The average molecular weight is 338 g/mol. The van der Waals surface area contributed by atoms with Crippen LogP contribution >= 0.6 is 0 Å². The van der Waals surface area contributed by atoms with E-state index in [0.29, 0.717) is 38.8 Å². The van der Waals surface area contributed by atoms with Crippen LogP contribution in [-0.4, -0.2) is 35.2 Å². The molecule has 4 nitrogen and oxygen atoms in total. The van der Waals surface area contributed by atoms with Gasteiger partial charge in [-0.05, 0) is 49.3 Å². The number of aliphatic hydroxyl groups is 1. The predicted molar refractivity (Wildman–Crippen MR) is 86.4 cm³/mol. The monoisotopic (exact) mass is 338 g/mol. The van der Waals surface area contributed by atoms with Gasteiger partial charge in [-0.25, -0.2) is 13.6 Å². The molecule has 6 heteroatoms. The minimum absolute atomic E-state index is 0.186. The van der Waals surface area contributed by atoms with Crippen LogP contribution in [0.2, 0.25) is 0 Å². The number of carbonyl (C=O) groups is 1. The second kappa shape index (κ2) is 5.99. The predicted octanol–water partition coefficient (Wildman–Crippen LogP) is 3.15. The van der Waals surface area contributed by atoms with Gasteiger partial charge in [0.1, 0.15) is 11.6 Å². The van der Waals surface area contributed by atoms with Gasteiger partial charge in [0.05, 0.1) is 11.6 Å². The lowest BCUT2D eigenvalue weighted by atomic mass is 9.87. The fourth-order valence-corrected chi connectivity index (χ4v) is 3.61. The summed E-state index contributed by atoms with van der Waals surface area (Å²) in [6, 6.07) is 3.06. The zero-order valence-electron chi connectivity index (χ0n) is 14.1. The lowest BCUT2D eigenvalue weighted by Crippen LogP contribution is -2.47. The van der Waals surface area contributed by atoms with Crippen LogP contribution in [0, 0.1) is 17.0 Å². The van der Waals surface area contributed by atoms with Crippen LogP contribution in [0.1, 0.15) is 45.1 Å². The SMILES string of the molecule is CC1(C)CC(O)CCN(C(=O)NC2(c3cc(F)ccc3F)CC2)C1. The Balaban J connectivity index is 1.75. The number of urea groups is 1. The summed E-state index contributed by atoms with van der Waals surface area (Å²) in [5.41, 5.74) is -0.781. The molecule has 132 valence electrons. The van der Waals surface area contributed by atoms with Crippen molar-refractivity contribution in [1.29, 1.82) is 0 Å². The normalized spacial score (nSPS) is 25.0. The van der Waals surface area contributed by atoms with E-state index in [1.165, 1.54) is 6.07 Å². The summed E-state index contributed by atoms with van der Waals surface area (Å²) in [7, 11) is 0. The van der Waals surface area contributed by atoms with Gasteiger partial charge in [0.2, 0.25) is 0 Å². The Morgan fingerprint density at radius 2 is 2.04 bits per heavy atom. The highest BCUT2D eigenvalue weighted by Crippen LogP contribution is 2.47. The molecular formula is C18H24F2N2O2. The molecule has 0 bridgehead atoms. The van der Waals surface area contributed by atoms with Crippen LogP contribution in [0.25, 0.3) is 0 Å². The number of rotatable bonds is 2. The van der Waals surface area contributed by atoms with E-state index in [-0.39, 0.29) is 17.0 Å². The molecule has 3 rings (SSSR count). The van der Waals surface area contributed by atoms with Crippen molar-refractivity contribution in [2.75, 3.05) is 13.1 Å². The van der Waals surface area contributed by atoms with Crippen molar-refractivity contribution in [3.05, 3.63) is 35.4 Å². The molecule has 2 amide bonds. The molecule has 2 fully saturated rings. The van der Waals surface area contributed by atoms with Gasteiger partial charge in [-0.2, -0.15) is 0 Å². The van der Waals surface area contributed by atoms with Crippen molar-refractivity contribution < 1.29 is 18.7 Å². The number of benzene rings is 1. The number of halogens is 2. The number of amides is 2. The second-order valence-electron chi connectivity index (χ2n) is 7.87. The second-order valence-corrected chi connectivity index (χ2v) is 7.87. The van der Waals surface area contributed by atoms with Crippen molar-refractivity contribution in [3.63, 3.8) is 0 Å². The van der Waals surface area contributed by atoms with E-state index in [4.69, 9.17) is 0 Å². The molecule has 1 aliphatic heterocycles. The fourth-order valence-electron chi connectivity index (χ4n) is 3.61. The van der Waals surface area contributed by atoms with E-state index in [1.807, 2.05) is 13.8 Å². The molecule has 1 atom stereocenters. The first-order chi connectivity index (χ1) is 11.2. The lowest BCUT2D eigenvalue weighted by Gasteiger charge is -2.31. The minimum Gasteiger partial charge on any atom is -0.393 e. The number of aliphatic hydroxyl groups excluding tert-OH is 1. The summed E-state index contributed by atoms with van der Waals surface area (Å²) in [4.78, 5) is 14.4. The largest absolute Gasteiger partial charge is 0.393 e. The van der Waals surface area contributed by atoms with Gasteiger partial charge in [-0.3, -0.25) is 0 Å². The number of carbonyl (C=O) groups excluding carboxylic acids is 1. The van der Waals surface area contributed by atoms with Gasteiger partial charge >= 0.3 is 6.03 Å². The average Bonchev–Trinajstić information content (AvgIpc) is 3.26. The Kier molecular flexibility index (Phi) is 4.28. The van der Waals surface area contributed by atoms with Crippen molar-refractivity contribution in [2.24, 2.45) is 5.41 Å². The molecule has 1 unspecified atom stereocenters. The Labute approximate surface area is 140 Å². The van der Waals surface area contributed by atoms with Crippen LogP contribution in [-0.2, 0) is 5.54 Å². The summed E-state index contributed by atoms with van der Waals surface area (Å²) in [5, 5.41) is 12.9. The Morgan fingerprint density at radius 1 is 1.33 bits per heavy atom. The highest BCUT2D eigenvalue weighted by atomic mass is 19.1. The molecule has 1 aromatic carbocycles. The maximum Gasteiger partial charge on any atom is 0.318 e. The molecule has 0 aromatic heterocycles. The van der Waals surface area contributed by atoms with E-state index in [2.05, 4.69) is 5.32 Å². The van der Waals surface area contributed by atoms with Gasteiger partial charge in [-0.15, -0.1) is 0 Å². The Hall–Kier alpha value is -1.69. The van der Waals surface area contributed by atoms with Crippen LogP contribution in [0.3, 0.4) is 0 Å². The van der Waals surface area contributed by atoms with Gasteiger partial charge in [0.25, 0.3) is 0 Å². The molecule has 2 aliphatic rings. The molecule has 2 N–H and O–H groups in total. The molecule has 1 saturated heterocycles. The van der Waals surface area contributed by atoms with Crippen molar-refractivity contribution >= 4 is 6.03 Å². The molecule has 1 aromatic rings. The van der Waals surface area contributed by atoms with Crippen molar-refractivity contribution in [3.8, 4) is 0 Å². The first-order valence-corrected chi connectivity index (χ1v) is 8.42. The molecule has 1 heterocycles. The molecule has 0 spiro atoms. The third-order valence-corrected chi connectivity index (χ3v) is 4.97. The Bertz CT molecular complexity index is 644. The standard InChI is InChI=1S/C18H24F2N2O2/c1-17(2)10-13(23)5-8-22(11-17)16(24)21-18(6-7-18)14-9-12(19)3-4-15(14)20/h3-4,9,13,23H,5-8,10-11H2,1-2H3,(H,21,24). The van der Waals surface area contributed by atoms with Crippen LogP contribution in [0.5, 0.6) is 0 Å². The highest BCUT2D eigenvalue weighted by molar-refractivity contribution is 5.76. The zero-order chi connectivity index (χ0) is 17.5. The molecule has 1 aliphatic carbocycles. The van der Waals surface area contributed by atoms with Crippen molar-refractivity contribution in [1.82, 2.24) is 10.2 Å². The quantitative estimate of drug-likeness (QED) is 0.870. The number of likely N-dealkylation sites (tertiary alicyclic amines) is 1. The van der Waals surface area contributed by atoms with Gasteiger partial charge in [0, 0.05) is 18.7 Å². The molecular weight excluding hydrogens is 314 g/mol. The summed E-state index contributed by atoms with van der Waals surface area (Å²) in [6.07, 6.45) is 1.93. The smallest absolute Gasteiger partial charge is 0.318 e. The number of nitrogens with zero attached hydrogens (tertiary/aromatic N) is 1. The third kappa shape index (κ3) is 3.53. The summed E-state index contributed by atoms with van der Waals surface area (Å²) in [5.74, 6) is -1.01. The van der Waals surface area contributed by atoms with Gasteiger partial charge in [0.15, 0.2) is 0 Å². The summed E-state index contributed by atoms with van der Waals surface area (Å²) in [6.45, 7) is 5.01. The summed E-state index contributed by atoms with van der Waals surface area (Å²) >= 11 is 0. The maximum atomic E-state index is 14.1. The Morgan fingerprint density at radius 3 is 2.71 bits per heavy atom. The first-order valence-electron chi connectivity index (χ1n) is 8.42. The van der Waals surface area contributed by atoms with E-state index < -0.39 is 23.3 Å². The van der Waals surface area contributed by atoms with Crippen LogP contribution < -0.4 is 5.32 Å². The number of hydrogen-bond donors (Lipinski definition) is 2. The van der Waals surface area contributed by atoms with Crippen LogP contribution in [0.15, 0.2) is 18.2 Å². The minimum atomic E-state index is -0.807. The molecule has 24 heavy (non-hydrogen) atoms. The number of hydrogen-bond acceptors (Lipinski definition) is 2. The van der Waals surface area contributed by atoms with E-state index in [1.54, 1.807) is 4.90 Å². The van der Waals surface area contributed by atoms with E-state index in [0.717, 1.165) is 12.1 Å². The fraction of sp³-hybridized carbons (Fsp3) is 0.611. The third-order valence-electron chi connectivity index (χ3n) is 4.97.